The van der Waals surface area contributed by atoms with Crippen molar-refractivity contribution in [2.75, 3.05) is 6.54 Å². The van der Waals surface area contributed by atoms with Crippen LogP contribution in [-0.2, 0) is 17.8 Å². The summed E-state index contributed by atoms with van der Waals surface area (Å²) in [5.74, 6) is -0.395. The van der Waals surface area contributed by atoms with Gasteiger partial charge in [-0.05, 0) is 23.4 Å². The lowest BCUT2D eigenvalue weighted by atomic mass is 10.0. The number of carboxylic acids is 1. The van der Waals surface area contributed by atoms with Gasteiger partial charge < -0.3 is 9.63 Å². The van der Waals surface area contributed by atoms with Crippen LogP contribution >= 0.6 is 11.3 Å². The second kappa shape index (κ2) is 4.51. The first-order chi connectivity index (χ1) is 8.75. The number of thiophene rings is 1. The van der Waals surface area contributed by atoms with Gasteiger partial charge in [0.25, 0.3) is 0 Å². The Bertz CT molecular complexity index is 552. The lowest BCUT2D eigenvalue weighted by molar-refractivity contribution is -0.144. The number of aromatic nitrogens is 2. The van der Waals surface area contributed by atoms with Crippen molar-refractivity contribution in [1.29, 1.82) is 0 Å². The molecule has 0 amide bonds. The summed E-state index contributed by atoms with van der Waals surface area (Å²) in [6.45, 7) is 1.05. The summed E-state index contributed by atoms with van der Waals surface area (Å²) in [6, 6.07) is 1.27. The molecule has 18 heavy (non-hydrogen) atoms. The number of hydrogen-bond acceptors (Lipinski definition) is 6. The third kappa shape index (κ3) is 1.91. The van der Waals surface area contributed by atoms with Crippen molar-refractivity contribution in [2.45, 2.75) is 19.0 Å². The fraction of sp³-hybridized carbons (Fsp3) is 0.364. The molecular formula is C11H11N3O3S. The Labute approximate surface area is 107 Å². The van der Waals surface area contributed by atoms with Crippen molar-refractivity contribution in [2.24, 2.45) is 0 Å². The van der Waals surface area contributed by atoms with Crippen LogP contribution in [0.3, 0.4) is 0 Å². The molecule has 3 rings (SSSR count). The molecule has 0 bridgehead atoms. The van der Waals surface area contributed by atoms with Gasteiger partial charge in [0.15, 0.2) is 6.33 Å². The predicted octanol–water partition coefficient (Wildman–Crippen LogP) is 1.32. The highest BCUT2D eigenvalue weighted by atomic mass is 32.1. The highest BCUT2D eigenvalue weighted by Gasteiger charge is 2.34. The Balaban J connectivity index is 1.89. The molecule has 1 aliphatic rings. The molecule has 0 saturated carbocycles. The first kappa shape index (κ1) is 11.4. The molecule has 0 radical (unpaired) electrons. The Morgan fingerprint density at radius 1 is 1.67 bits per heavy atom. The first-order valence-corrected chi connectivity index (χ1v) is 6.42. The minimum Gasteiger partial charge on any atom is -0.480 e. The van der Waals surface area contributed by atoms with Crippen LogP contribution in [0.25, 0.3) is 0 Å². The zero-order valence-corrected chi connectivity index (χ0v) is 10.3. The molecule has 6 nitrogen and oxygen atoms in total. The molecular weight excluding hydrogens is 254 g/mol. The largest absolute Gasteiger partial charge is 0.480 e. The molecule has 1 aliphatic heterocycles. The Kier molecular flexibility index (Phi) is 2.85. The minimum atomic E-state index is -0.839. The van der Waals surface area contributed by atoms with Crippen molar-refractivity contribution in [3.63, 3.8) is 0 Å². The molecule has 1 N–H and O–H groups in total. The fourth-order valence-electron chi connectivity index (χ4n) is 2.27. The molecule has 7 heteroatoms. The van der Waals surface area contributed by atoms with Crippen LogP contribution in [0.1, 0.15) is 22.4 Å². The van der Waals surface area contributed by atoms with Crippen molar-refractivity contribution in [3.05, 3.63) is 34.1 Å². The van der Waals surface area contributed by atoms with Gasteiger partial charge in [-0.3, -0.25) is 9.69 Å². The third-order valence-corrected chi connectivity index (χ3v) is 4.04. The van der Waals surface area contributed by atoms with E-state index in [9.17, 15) is 9.90 Å². The summed E-state index contributed by atoms with van der Waals surface area (Å²) in [7, 11) is 0. The van der Waals surface area contributed by atoms with Gasteiger partial charge in [-0.1, -0.05) is 5.16 Å². The van der Waals surface area contributed by atoms with E-state index in [0.717, 1.165) is 16.9 Å². The summed E-state index contributed by atoms with van der Waals surface area (Å²) in [6.07, 6.45) is 2.19. The second-order valence-corrected chi connectivity index (χ2v) is 5.10. The zero-order valence-electron chi connectivity index (χ0n) is 9.44. The number of carboxylic acid groups (broad SMARTS) is 1. The average molecular weight is 265 g/mol. The van der Waals surface area contributed by atoms with Crippen molar-refractivity contribution in [3.8, 4) is 0 Å². The molecule has 0 aliphatic carbocycles. The summed E-state index contributed by atoms with van der Waals surface area (Å²) in [4.78, 5) is 18.4. The third-order valence-electron chi connectivity index (χ3n) is 3.04. The van der Waals surface area contributed by atoms with Gasteiger partial charge in [-0.2, -0.15) is 4.98 Å². The van der Waals surface area contributed by atoms with E-state index in [1.807, 2.05) is 16.3 Å². The van der Waals surface area contributed by atoms with Crippen LogP contribution in [0, 0.1) is 0 Å². The topological polar surface area (TPSA) is 79.5 Å². The molecule has 0 saturated heterocycles. The van der Waals surface area contributed by atoms with E-state index in [4.69, 9.17) is 4.52 Å². The van der Waals surface area contributed by atoms with Gasteiger partial charge >= 0.3 is 5.97 Å². The number of carbonyl (C=O) groups is 1. The summed E-state index contributed by atoms with van der Waals surface area (Å²) in [5.41, 5.74) is 0.887. The highest BCUT2D eigenvalue weighted by Crippen LogP contribution is 2.34. The summed E-state index contributed by atoms with van der Waals surface area (Å²) in [5, 5.41) is 14.9. The van der Waals surface area contributed by atoms with Crippen LogP contribution in [0.5, 0.6) is 0 Å². The van der Waals surface area contributed by atoms with Crippen molar-refractivity contribution in [1.82, 2.24) is 15.0 Å². The molecule has 2 aromatic rings. The monoisotopic (exact) mass is 265 g/mol. The van der Waals surface area contributed by atoms with Gasteiger partial charge in [0.05, 0.1) is 6.54 Å². The van der Waals surface area contributed by atoms with Crippen LogP contribution in [0.15, 0.2) is 22.3 Å². The van der Waals surface area contributed by atoms with E-state index in [1.165, 1.54) is 6.33 Å². The highest BCUT2D eigenvalue weighted by molar-refractivity contribution is 7.10. The number of fused-ring (bicyclic) bond motifs is 1. The molecule has 0 fully saturated rings. The molecule has 0 spiro atoms. The van der Waals surface area contributed by atoms with Gasteiger partial charge in [0, 0.05) is 11.4 Å². The van der Waals surface area contributed by atoms with Gasteiger partial charge in [-0.25, -0.2) is 0 Å². The molecule has 1 atom stereocenters. The van der Waals surface area contributed by atoms with E-state index >= 15 is 0 Å². The predicted molar refractivity (Wildman–Crippen MR) is 63.1 cm³/mol. The molecule has 94 valence electrons. The quantitative estimate of drug-likeness (QED) is 0.901. The standard InChI is InChI=1S/C11H11N3O3S/c15-11(16)10-7-2-4-18-8(7)1-3-14(10)5-9-12-6-13-17-9/h2,4,6,10H,1,3,5H2,(H,15,16). The SMILES string of the molecule is O=C(O)C1c2ccsc2CCN1Cc1ncno1. The Morgan fingerprint density at radius 2 is 2.56 bits per heavy atom. The van der Waals surface area contributed by atoms with Gasteiger partial charge in [0.1, 0.15) is 6.04 Å². The number of aliphatic carboxylic acids is 1. The van der Waals surface area contributed by atoms with Gasteiger partial charge in [0.2, 0.25) is 5.89 Å². The lowest BCUT2D eigenvalue weighted by Gasteiger charge is -2.31. The second-order valence-electron chi connectivity index (χ2n) is 4.10. The molecule has 1 unspecified atom stereocenters. The smallest absolute Gasteiger partial charge is 0.325 e. The fourth-order valence-corrected chi connectivity index (χ4v) is 3.17. The minimum absolute atomic E-state index is 0.367. The van der Waals surface area contributed by atoms with Crippen LogP contribution in [0.2, 0.25) is 0 Å². The normalized spacial score (nSPS) is 19.7. The van der Waals surface area contributed by atoms with E-state index < -0.39 is 12.0 Å². The summed E-state index contributed by atoms with van der Waals surface area (Å²) >= 11 is 1.62. The van der Waals surface area contributed by atoms with E-state index in [2.05, 4.69) is 10.1 Å². The maximum absolute atomic E-state index is 11.5. The average Bonchev–Trinajstić information content (AvgIpc) is 2.98. The zero-order chi connectivity index (χ0) is 12.5. The summed E-state index contributed by atoms with van der Waals surface area (Å²) < 4.78 is 4.94. The molecule has 2 aromatic heterocycles. The number of rotatable bonds is 3. The van der Waals surface area contributed by atoms with E-state index in [0.29, 0.717) is 19.0 Å². The van der Waals surface area contributed by atoms with Crippen molar-refractivity contribution >= 4 is 17.3 Å². The van der Waals surface area contributed by atoms with Crippen molar-refractivity contribution < 1.29 is 14.4 Å². The van der Waals surface area contributed by atoms with E-state index in [-0.39, 0.29) is 0 Å². The molecule has 3 heterocycles. The van der Waals surface area contributed by atoms with E-state index in [1.54, 1.807) is 11.3 Å². The van der Waals surface area contributed by atoms with Gasteiger partial charge in [-0.15, -0.1) is 11.3 Å². The van der Waals surface area contributed by atoms with Crippen LogP contribution in [0.4, 0.5) is 0 Å². The van der Waals surface area contributed by atoms with Crippen LogP contribution in [-0.4, -0.2) is 32.7 Å². The number of nitrogens with zero attached hydrogens (tertiary/aromatic N) is 3. The molecule has 0 aromatic carbocycles. The lowest BCUT2D eigenvalue weighted by Crippen LogP contribution is -2.38. The maximum Gasteiger partial charge on any atom is 0.325 e. The first-order valence-electron chi connectivity index (χ1n) is 5.54. The van der Waals surface area contributed by atoms with Crippen LogP contribution < -0.4 is 0 Å². The Hall–Kier alpha value is -1.73. The maximum atomic E-state index is 11.5. The number of hydrogen-bond donors (Lipinski definition) is 1. The Morgan fingerprint density at radius 3 is 3.28 bits per heavy atom.